The van der Waals surface area contributed by atoms with Gasteiger partial charge in [0.1, 0.15) is 23.8 Å². The number of hydrogen-bond donors (Lipinski definition) is 4. The number of nitrogens with zero attached hydrogens (tertiary/aromatic N) is 5. The number of aromatic carboxylic acids is 1. The summed E-state index contributed by atoms with van der Waals surface area (Å²) < 4.78 is 49.1. The average Bonchev–Trinajstić information content (AvgIpc) is 3.30. The maximum atomic E-state index is 15.4. The topological polar surface area (TPSA) is 172 Å². The summed E-state index contributed by atoms with van der Waals surface area (Å²) >= 11 is 0. The third-order valence-electron chi connectivity index (χ3n) is 6.57. The third kappa shape index (κ3) is 4.68. The number of anilines is 2. The van der Waals surface area contributed by atoms with Crippen LogP contribution in [0.4, 0.5) is 20.2 Å². The van der Waals surface area contributed by atoms with E-state index < -0.39 is 43.1 Å². The van der Waals surface area contributed by atoms with Crippen LogP contribution >= 0.6 is 7.82 Å². The number of phosphoric ester groups is 1. The minimum absolute atomic E-state index is 0.0205. The zero-order valence-corrected chi connectivity index (χ0v) is 22.9. The SMILES string of the molecule is CNc1cc(F)c(F)c2c3c(N(C)C)c(-c4cnc5c(c4)c(=O)c(C(=O)O)cn5C)cn(COP(=O)(O)O)c-3nc12. The molecular formula is C25H23F2N6O7P. The molecule has 2 aliphatic heterocycles. The van der Waals surface area contributed by atoms with Gasteiger partial charge in [-0.3, -0.25) is 9.32 Å². The second-order valence-corrected chi connectivity index (χ2v) is 10.6. The van der Waals surface area contributed by atoms with Crippen LogP contribution in [0.3, 0.4) is 0 Å². The number of aryl methyl sites for hydroxylation is 1. The Morgan fingerprint density at radius 2 is 1.93 bits per heavy atom. The number of aromatic nitrogens is 4. The second kappa shape index (κ2) is 9.89. The van der Waals surface area contributed by atoms with E-state index in [2.05, 4.69) is 15.3 Å². The van der Waals surface area contributed by atoms with Crippen LogP contribution in [-0.2, 0) is 22.9 Å². The van der Waals surface area contributed by atoms with Gasteiger partial charge in [0.25, 0.3) is 0 Å². The second-order valence-electron chi connectivity index (χ2n) is 9.39. The Bertz CT molecular complexity index is 1970. The van der Waals surface area contributed by atoms with Crippen molar-refractivity contribution in [3.05, 3.63) is 58.1 Å². The standard InChI is InChI=1S/C25H23F2N6O7P/c1-28-16-6-15(26)19(27)17-18-21(31(2)3)13(9-33(10-40-41(37,38)39)24(18)30-20(16)17)11-5-12-22(34)14(25(35)36)8-32(4)23(12)29-7-11/h5-9,28H,10H2,1-4H3,(H,35,36)(H2,37,38,39). The molecule has 41 heavy (non-hydrogen) atoms. The minimum Gasteiger partial charge on any atom is -0.477 e. The molecule has 1 aromatic carbocycles. The van der Waals surface area contributed by atoms with Crippen molar-refractivity contribution in [2.45, 2.75) is 6.73 Å². The summed E-state index contributed by atoms with van der Waals surface area (Å²) in [6.07, 6.45) is 3.97. The lowest BCUT2D eigenvalue weighted by atomic mass is 9.98. The summed E-state index contributed by atoms with van der Waals surface area (Å²) in [5, 5.41) is 12.1. The Hall–Kier alpha value is -4.43. The van der Waals surface area contributed by atoms with Gasteiger partial charge < -0.3 is 34.2 Å². The van der Waals surface area contributed by atoms with Crippen molar-refractivity contribution in [3.8, 4) is 22.5 Å². The van der Waals surface area contributed by atoms with Crippen molar-refractivity contribution < 1.29 is 37.6 Å². The van der Waals surface area contributed by atoms with E-state index in [9.17, 15) is 33.4 Å². The molecule has 0 atom stereocenters. The lowest BCUT2D eigenvalue weighted by molar-refractivity contribution is 0.0694. The fraction of sp³-hybridized carbons (Fsp3) is 0.200. The highest BCUT2D eigenvalue weighted by Crippen LogP contribution is 2.48. The van der Waals surface area contributed by atoms with Crippen molar-refractivity contribution >= 4 is 47.1 Å². The average molecular weight is 588 g/mol. The zero-order valence-electron chi connectivity index (χ0n) is 22.0. The van der Waals surface area contributed by atoms with Crippen molar-refractivity contribution in [1.29, 1.82) is 0 Å². The first-order valence-corrected chi connectivity index (χ1v) is 13.4. The number of hydrogen-bond acceptors (Lipinski definition) is 8. The molecule has 2 aliphatic rings. The number of benzene rings is 1. The number of carboxylic acids is 1. The van der Waals surface area contributed by atoms with Crippen LogP contribution in [0.1, 0.15) is 10.4 Å². The molecular weight excluding hydrogens is 565 g/mol. The highest BCUT2D eigenvalue weighted by atomic mass is 31.2. The van der Waals surface area contributed by atoms with E-state index in [1.54, 1.807) is 19.0 Å². The number of carboxylic acid groups (broad SMARTS) is 1. The van der Waals surface area contributed by atoms with E-state index in [1.165, 1.54) is 41.7 Å². The highest BCUT2D eigenvalue weighted by molar-refractivity contribution is 7.46. The van der Waals surface area contributed by atoms with Crippen LogP contribution in [0.2, 0.25) is 0 Å². The van der Waals surface area contributed by atoms with Crippen LogP contribution in [0, 0.1) is 11.6 Å². The van der Waals surface area contributed by atoms with Crippen LogP contribution in [0.25, 0.3) is 44.5 Å². The summed E-state index contributed by atoms with van der Waals surface area (Å²) in [6.45, 7) is -0.726. The summed E-state index contributed by atoms with van der Waals surface area (Å²) in [5.41, 5.74) is 0.121. The molecule has 0 unspecified atom stereocenters. The number of halogens is 2. The Morgan fingerprint density at radius 3 is 2.54 bits per heavy atom. The van der Waals surface area contributed by atoms with E-state index in [0.717, 1.165) is 12.3 Å². The van der Waals surface area contributed by atoms with Crippen LogP contribution in [0.15, 0.2) is 35.5 Å². The summed E-state index contributed by atoms with van der Waals surface area (Å²) in [4.78, 5) is 53.9. The number of rotatable bonds is 7. The van der Waals surface area contributed by atoms with E-state index in [-0.39, 0.29) is 50.1 Å². The van der Waals surface area contributed by atoms with Crippen molar-refractivity contribution in [2.75, 3.05) is 31.4 Å². The molecule has 16 heteroatoms. The quantitative estimate of drug-likeness (QED) is 0.206. The molecule has 0 spiro atoms. The summed E-state index contributed by atoms with van der Waals surface area (Å²) in [5.74, 6) is -3.74. The molecule has 13 nitrogen and oxygen atoms in total. The minimum atomic E-state index is -4.97. The molecule has 0 fully saturated rings. The zero-order chi connectivity index (χ0) is 30.0. The number of pyridine rings is 3. The number of nitrogens with one attached hydrogen (secondary N) is 1. The van der Waals surface area contributed by atoms with E-state index in [0.29, 0.717) is 5.69 Å². The monoisotopic (exact) mass is 588 g/mol. The normalized spacial score (nSPS) is 12.0. The van der Waals surface area contributed by atoms with E-state index in [4.69, 9.17) is 4.52 Å². The molecule has 0 bridgehead atoms. The lowest BCUT2D eigenvalue weighted by Crippen LogP contribution is -2.19. The molecule has 0 aliphatic carbocycles. The van der Waals surface area contributed by atoms with Gasteiger partial charge >= 0.3 is 13.8 Å². The first-order valence-electron chi connectivity index (χ1n) is 11.9. The molecule has 4 N–H and O–H groups in total. The number of phosphoric acid groups is 1. The predicted molar refractivity (Wildman–Crippen MR) is 146 cm³/mol. The molecule has 214 valence electrons. The van der Waals surface area contributed by atoms with Crippen LogP contribution in [-0.4, -0.2) is 61.1 Å². The molecule has 0 saturated heterocycles. The van der Waals surface area contributed by atoms with Gasteiger partial charge in [-0.05, 0) is 6.07 Å². The summed E-state index contributed by atoms with van der Waals surface area (Å²) in [7, 11) is 1.34. The van der Waals surface area contributed by atoms with Gasteiger partial charge in [0.05, 0.1) is 33.2 Å². The van der Waals surface area contributed by atoms with E-state index >= 15 is 4.39 Å². The maximum absolute atomic E-state index is 15.4. The van der Waals surface area contributed by atoms with Crippen LogP contribution < -0.4 is 15.6 Å². The Kier molecular flexibility index (Phi) is 6.78. The lowest BCUT2D eigenvalue weighted by Gasteiger charge is -2.25. The fourth-order valence-electron chi connectivity index (χ4n) is 4.85. The maximum Gasteiger partial charge on any atom is 0.471 e. The first kappa shape index (κ1) is 28.1. The van der Waals surface area contributed by atoms with Gasteiger partial charge in [-0.15, -0.1) is 0 Å². The predicted octanol–water partition coefficient (Wildman–Crippen LogP) is 3.21. The molecule has 0 saturated carbocycles. The fourth-order valence-corrected chi connectivity index (χ4v) is 5.12. The van der Waals surface area contributed by atoms with Crippen molar-refractivity contribution in [2.24, 2.45) is 7.05 Å². The Morgan fingerprint density at radius 1 is 1.22 bits per heavy atom. The Labute approximate surface area is 229 Å². The van der Waals surface area contributed by atoms with Crippen LogP contribution in [0.5, 0.6) is 0 Å². The molecule has 4 heterocycles. The smallest absolute Gasteiger partial charge is 0.471 e. The third-order valence-corrected chi connectivity index (χ3v) is 7.02. The van der Waals surface area contributed by atoms with Gasteiger partial charge in [-0.1, -0.05) is 0 Å². The van der Waals surface area contributed by atoms with Gasteiger partial charge in [0, 0.05) is 64.0 Å². The largest absolute Gasteiger partial charge is 0.477 e. The molecule has 5 rings (SSSR count). The van der Waals surface area contributed by atoms with Gasteiger partial charge in [-0.25, -0.2) is 28.1 Å². The van der Waals surface area contributed by atoms with Crippen molar-refractivity contribution in [3.63, 3.8) is 0 Å². The van der Waals surface area contributed by atoms with Gasteiger partial charge in [0.15, 0.2) is 11.6 Å². The van der Waals surface area contributed by atoms with Crippen molar-refractivity contribution in [1.82, 2.24) is 19.1 Å². The molecule has 2 aromatic heterocycles. The highest BCUT2D eigenvalue weighted by Gasteiger charge is 2.30. The molecule has 0 amide bonds. The number of carbonyl (C=O) groups is 1. The Balaban J connectivity index is 1.94. The number of fused-ring (bicyclic) bond motifs is 4. The summed E-state index contributed by atoms with van der Waals surface area (Å²) in [6, 6.07) is 2.35. The van der Waals surface area contributed by atoms with Gasteiger partial charge in [-0.2, -0.15) is 0 Å². The molecule has 3 aromatic rings. The molecule has 0 radical (unpaired) electrons. The first-order chi connectivity index (χ1) is 19.2. The van der Waals surface area contributed by atoms with Gasteiger partial charge in [0.2, 0.25) is 5.43 Å². The van der Waals surface area contributed by atoms with E-state index in [1.807, 2.05) is 0 Å².